The Labute approximate surface area is 164 Å². The van der Waals surface area contributed by atoms with Crippen LogP contribution in [0.2, 0.25) is 0 Å². The highest BCUT2D eigenvalue weighted by atomic mass is 32.1. The minimum atomic E-state index is -0.502. The van der Waals surface area contributed by atoms with Crippen LogP contribution in [0.4, 0.5) is 5.95 Å². The second-order valence-corrected chi connectivity index (χ2v) is 7.48. The van der Waals surface area contributed by atoms with E-state index < -0.39 is 5.92 Å². The zero-order valence-electron chi connectivity index (χ0n) is 15.8. The number of nitriles is 1. The topological polar surface area (TPSA) is 74.5 Å². The number of aromatic nitrogens is 3. The SMILES string of the molecule is CCCC(C)Nc1ncc(C)c(C(C#N)c2nc(-c3ccccc3)cs2)n1. The molecule has 1 N–H and O–H groups in total. The highest BCUT2D eigenvalue weighted by molar-refractivity contribution is 7.10. The first-order chi connectivity index (χ1) is 13.1. The molecule has 0 bridgehead atoms. The molecule has 0 aliphatic rings. The molecular weight excluding hydrogens is 354 g/mol. The average Bonchev–Trinajstić information content (AvgIpc) is 3.15. The number of rotatable bonds is 7. The second-order valence-electron chi connectivity index (χ2n) is 6.60. The summed E-state index contributed by atoms with van der Waals surface area (Å²) in [5.74, 6) is 0.0640. The molecule has 2 heterocycles. The number of hydrogen-bond donors (Lipinski definition) is 1. The van der Waals surface area contributed by atoms with Crippen molar-refractivity contribution in [3.8, 4) is 17.3 Å². The Balaban J connectivity index is 1.90. The summed E-state index contributed by atoms with van der Waals surface area (Å²) >= 11 is 1.49. The van der Waals surface area contributed by atoms with Crippen LogP contribution >= 0.6 is 11.3 Å². The molecular formula is C21H23N5S. The van der Waals surface area contributed by atoms with Gasteiger partial charge in [-0.05, 0) is 25.8 Å². The van der Waals surface area contributed by atoms with E-state index in [1.165, 1.54) is 11.3 Å². The van der Waals surface area contributed by atoms with Crippen molar-refractivity contribution in [2.24, 2.45) is 0 Å². The minimum Gasteiger partial charge on any atom is -0.352 e. The van der Waals surface area contributed by atoms with Crippen LogP contribution in [0.1, 0.15) is 48.9 Å². The van der Waals surface area contributed by atoms with E-state index in [2.05, 4.69) is 35.2 Å². The predicted molar refractivity (Wildman–Crippen MR) is 110 cm³/mol. The molecule has 0 fully saturated rings. The van der Waals surface area contributed by atoms with Crippen molar-refractivity contribution in [2.75, 3.05) is 5.32 Å². The van der Waals surface area contributed by atoms with E-state index >= 15 is 0 Å². The van der Waals surface area contributed by atoms with E-state index in [1.807, 2.05) is 42.6 Å². The van der Waals surface area contributed by atoms with E-state index in [-0.39, 0.29) is 6.04 Å². The minimum absolute atomic E-state index is 0.288. The van der Waals surface area contributed by atoms with Gasteiger partial charge >= 0.3 is 0 Å². The molecule has 6 heteroatoms. The number of anilines is 1. The van der Waals surface area contributed by atoms with Crippen molar-refractivity contribution >= 4 is 17.3 Å². The van der Waals surface area contributed by atoms with Crippen LogP contribution in [0.15, 0.2) is 41.9 Å². The van der Waals surface area contributed by atoms with Gasteiger partial charge in [-0.2, -0.15) is 5.26 Å². The molecule has 0 radical (unpaired) electrons. The van der Waals surface area contributed by atoms with Gasteiger partial charge in [0.25, 0.3) is 0 Å². The number of thiazole rings is 1. The fourth-order valence-corrected chi connectivity index (χ4v) is 3.81. The summed E-state index contributed by atoms with van der Waals surface area (Å²) in [4.78, 5) is 13.7. The smallest absolute Gasteiger partial charge is 0.223 e. The van der Waals surface area contributed by atoms with Crippen LogP contribution in [-0.4, -0.2) is 21.0 Å². The van der Waals surface area contributed by atoms with E-state index in [4.69, 9.17) is 4.98 Å². The summed E-state index contributed by atoms with van der Waals surface area (Å²) in [6.07, 6.45) is 3.91. The number of hydrogen-bond acceptors (Lipinski definition) is 6. The summed E-state index contributed by atoms with van der Waals surface area (Å²) in [5, 5.41) is 15.9. The summed E-state index contributed by atoms with van der Waals surface area (Å²) in [5.41, 5.74) is 3.55. The first-order valence-electron chi connectivity index (χ1n) is 9.13. The third-order valence-corrected chi connectivity index (χ3v) is 5.26. The zero-order valence-corrected chi connectivity index (χ0v) is 16.6. The Kier molecular flexibility index (Phi) is 6.15. The molecule has 27 heavy (non-hydrogen) atoms. The van der Waals surface area contributed by atoms with E-state index in [0.29, 0.717) is 11.6 Å². The molecule has 3 aromatic rings. The fraction of sp³-hybridized carbons (Fsp3) is 0.333. The van der Waals surface area contributed by atoms with Crippen molar-refractivity contribution in [1.82, 2.24) is 15.0 Å². The molecule has 2 atom stereocenters. The molecule has 0 amide bonds. The zero-order chi connectivity index (χ0) is 19.2. The Hall–Kier alpha value is -2.78. The lowest BCUT2D eigenvalue weighted by Crippen LogP contribution is -2.18. The molecule has 3 rings (SSSR count). The largest absolute Gasteiger partial charge is 0.352 e. The Morgan fingerprint density at radius 1 is 1.22 bits per heavy atom. The van der Waals surface area contributed by atoms with Crippen LogP contribution in [0.3, 0.4) is 0 Å². The molecule has 0 aliphatic heterocycles. The standard InChI is InChI=1S/C21H23N5S/c1-4-8-15(3)24-21-23-12-14(2)19(26-21)17(11-22)20-25-18(13-27-20)16-9-6-5-7-10-16/h5-7,9-10,12-13,15,17H,4,8H2,1-3H3,(H,23,24,26). The predicted octanol–water partition coefficient (Wildman–Crippen LogP) is 5.16. The highest BCUT2D eigenvalue weighted by Crippen LogP contribution is 2.31. The van der Waals surface area contributed by atoms with Crippen LogP contribution in [0.25, 0.3) is 11.3 Å². The Morgan fingerprint density at radius 2 is 2.00 bits per heavy atom. The van der Waals surface area contributed by atoms with Crippen LogP contribution in [0.5, 0.6) is 0 Å². The van der Waals surface area contributed by atoms with Crippen LogP contribution in [0, 0.1) is 18.3 Å². The van der Waals surface area contributed by atoms with Gasteiger partial charge in [0.2, 0.25) is 5.95 Å². The molecule has 1 aromatic carbocycles. The third kappa shape index (κ3) is 4.50. The highest BCUT2D eigenvalue weighted by Gasteiger charge is 2.22. The normalized spacial score (nSPS) is 13.0. The van der Waals surface area contributed by atoms with Crippen molar-refractivity contribution in [3.05, 3.63) is 58.2 Å². The summed E-state index contributed by atoms with van der Waals surface area (Å²) in [6, 6.07) is 12.7. The number of nitrogens with zero attached hydrogens (tertiary/aromatic N) is 4. The lowest BCUT2D eigenvalue weighted by Gasteiger charge is -2.15. The average molecular weight is 378 g/mol. The number of benzene rings is 1. The van der Waals surface area contributed by atoms with Crippen molar-refractivity contribution in [2.45, 2.75) is 45.6 Å². The summed E-state index contributed by atoms with van der Waals surface area (Å²) < 4.78 is 0. The maximum atomic E-state index is 9.83. The van der Waals surface area contributed by atoms with Crippen LogP contribution < -0.4 is 5.32 Å². The lowest BCUT2D eigenvalue weighted by molar-refractivity contribution is 0.682. The van der Waals surface area contributed by atoms with Crippen LogP contribution in [-0.2, 0) is 0 Å². The van der Waals surface area contributed by atoms with Gasteiger partial charge in [-0.3, -0.25) is 0 Å². The number of nitrogens with one attached hydrogen (secondary N) is 1. The second kappa shape index (κ2) is 8.74. The monoisotopic (exact) mass is 377 g/mol. The van der Waals surface area contributed by atoms with Gasteiger partial charge in [0.05, 0.1) is 17.5 Å². The summed E-state index contributed by atoms with van der Waals surface area (Å²) in [6.45, 7) is 6.20. The molecule has 2 aromatic heterocycles. The Morgan fingerprint density at radius 3 is 2.70 bits per heavy atom. The van der Waals surface area contributed by atoms with Crippen molar-refractivity contribution < 1.29 is 0 Å². The van der Waals surface area contributed by atoms with Crippen molar-refractivity contribution in [3.63, 3.8) is 0 Å². The molecule has 0 spiro atoms. The molecule has 5 nitrogen and oxygen atoms in total. The Bertz CT molecular complexity index is 929. The van der Waals surface area contributed by atoms with Gasteiger partial charge < -0.3 is 5.32 Å². The number of aryl methyl sites for hydroxylation is 1. The first kappa shape index (κ1) is 19.0. The van der Waals surface area contributed by atoms with Gasteiger partial charge in [-0.25, -0.2) is 15.0 Å². The van der Waals surface area contributed by atoms with Crippen molar-refractivity contribution in [1.29, 1.82) is 5.26 Å². The van der Waals surface area contributed by atoms with E-state index in [9.17, 15) is 5.26 Å². The molecule has 0 aliphatic carbocycles. The molecule has 0 saturated heterocycles. The third-order valence-electron chi connectivity index (χ3n) is 4.35. The quantitative estimate of drug-likeness (QED) is 0.615. The lowest BCUT2D eigenvalue weighted by atomic mass is 10.0. The van der Waals surface area contributed by atoms with Gasteiger partial charge in [-0.15, -0.1) is 11.3 Å². The van der Waals surface area contributed by atoms with Gasteiger partial charge in [0, 0.05) is 23.2 Å². The van der Waals surface area contributed by atoms with Gasteiger partial charge in [0.15, 0.2) is 0 Å². The maximum absolute atomic E-state index is 9.83. The molecule has 138 valence electrons. The fourth-order valence-electron chi connectivity index (χ4n) is 2.94. The van der Waals surface area contributed by atoms with Gasteiger partial charge in [-0.1, -0.05) is 43.7 Å². The summed E-state index contributed by atoms with van der Waals surface area (Å²) in [7, 11) is 0. The molecule has 0 saturated carbocycles. The van der Waals surface area contributed by atoms with E-state index in [0.717, 1.165) is 34.7 Å². The molecule has 2 unspecified atom stereocenters. The maximum Gasteiger partial charge on any atom is 0.223 e. The van der Waals surface area contributed by atoms with E-state index in [1.54, 1.807) is 6.20 Å². The first-order valence-corrected chi connectivity index (χ1v) is 10.0. The van der Waals surface area contributed by atoms with Gasteiger partial charge in [0.1, 0.15) is 10.9 Å².